The summed E-state index contributed by atoms with van der Waals surface area (Å²) in [5, 5.41) is -1.62. The van der Waals surface area contributed by atoms with E-state index in [1.165, 1.54) is 36.0 Å². The summed E-state index contributed by atoms with van der Waals surface area (Å²) in [5.41, 5.74) is 0.201. The van der Waals surface area contributed by atoms with Crippen molar-refractivity contribution in [1.82, 2.24) is 9.97 Å². The molecule has 0 unspecified atom stereocenters. The lowest BCUT2D eigenvalue weighted by Crippen LogP contribution is -2.53. The maximum absolute atomic E-state index is 11.0. The molecule has 0 saturated heterocycles. The fourth-order valence-electron chi connectivity index (χ4n) is 1.65. The second-order valence-electron chi connectivity index (χ2n) is 3.56. The number of aromatic nitrogens is 2. The SMILES string of the molecule is O=C=c1nc(-c2ccccn2)c(=C=O)c(=C=O)c1=C=O. The minimum atomic E-state index is -0.465. The smallest absolute Gasteiger partial charge is 0.167 e. The zero-order valence-electron chi connectivity index (χ0n) is 9.84. The fourth-order valence-corrected chi connectivity index (χ4v) is 1.65. The van der Waals surface area contributed by atoms with E-state index in [-0.39, 0.29) is 16.6 Å². The standard InChI is InChI=1S/C14H4N2O4/c17-5-9-10(6-18)13(8-20)16-14(11(9)7-19)12-3-1-2-4-15-12/h1-4H. The Morgan fingerprint density at radius 1 is 0.800 bits per heavy atom. The van der Waals surface area contributed by atoms with Crippen LogP contribution in [0.2, 0.25) is 0 Å². The molecule has 0 aliphatic heterocycles. The van der Waals surface area contributed by atoms with E-state index in [1.54, 1.807) is 12.1 Å². The number of carbonyl (C=O) groups excluding carboxylic acids is 4. The number of pyridine rings is 2. The summed E-state index contributed by atoms with van der Waals surface area (Å²) in [6.07, 6.45) is 1.44. The third-order valence-corrected chi connectivity index (χ3v) is 2.51. The molecular formula is C14H4N2O4. The molecule has 0 aliphatic carbocycles. The van der Waals surface area contributed by atoms with Gasteiger partial charge in [0.05, 0.1) is 5.69 Å². The van der Waals surface area contributed by atoms with Crippen molar-refractivity contribution in [2.24, 2.45) is 0 Å². The molecule has 2 aromatic heterocycles. The van der Waals surface area contributed by atoms with Gasteiger partial charge in [-0.05, 0) is 12.1 Å². The molecule has 94 valence electrons. The van der Waals surface area contributed by atoms with Gasteiger partial charge in [0.15, 0.2) is 11.3 Å². The quantitative estimate of drug-likeness (QED) is 0.523. The van der Waals surface area contributed by atoms with Crippen LogP contribution in [-0.2, 0) is 19.2 Å². The molecule has 0 atom stereocenters. The first-order chi connectivity index (χ1) is 9.76. The summed E-state index contributed by atoms with van der Waals surface area (Å²) in [5.74, 6) is 5.75. The molecule has 0 radical (unpaired) electrons. The second kappa shape index (κ2) is 5.51. The zero-order chi connectivity index (χ0) is 14.5. The highest BCUT2D eigenvalue weighted by Gasteiger charge is 2.09. The summed E-state index contributed by atoms with van der Waals surface area (Å²) in [7, 11) is 0. The monoisotopic (exact) mass is 264 g/mol. The Morgan fingerprint density at radius 2 is 1.50 bits per heavy atom. The van der Waals surface area contributed by atoms with E-state index in [0.29, 0.717) is 0 Å². The Kier molecular flexibility index (Phi) is 3.60. The first kappa shape index (κ1) is 13.1. The lowest BCUT2D eigenvalue weighted by Gasteiger charge is -1.98. The number of hydrogen-bond donors (Lipinski definition) is 0. The van der Waals surface area contributed by atoms with Crippen LogP contribution in [0.3, 0.4) is 0 Å². The first-order valence-corrected chi connectivity index (χ1v) is 5.28. The molecule has 2 heterocycles. The summed E-state index contributed by atoms with van der Waals surface area (Å²) in [6, 6.07) is 4.80. The number of nitrogens with zero attached hydrogens (tertiary/aromatic N) is 2. The maximum atomic E-state index is 11.0. The van der Waals surface area contributed by atoms with E-state index in [9.17, 15) is 19.2 Å². The molecule has 0 bridgehead atoms. The first-order valence-electron chi connectivity index (χ1n) is 5.28. The molecule has 0 amide bonds. The minimum Gasteiger partial charge on any atom is -0.255 e. The highest BCUT2D eigenvalue weighted by atomic mass is 16.1. The molecule has 6 heteroatoms. The summed E-state index contributed by atoms with van der Waals surface area (Å²) >= 11 is 0. The van der Waals surface area contributed by atoms with Crippen LogP contribution < -0.4 is 21.0 Å². The predicted octanol–water partition coefficient (Wildman–Crippen LogP) is -3.84. The second-order valence-corrected chi connectivity index (χ2v) is 3.56. The molecule has 20 heavy (non-hydrogen) atoms. The van der Waals surface area contributed by atoms with Gasteiger partial charge < -0.3 is 0 Å². The Balaban J connectivity index is 3.26. The van der Waals surface area contributed by atoms with E-state index in [4.69, 9.17) is 0 Å². The van der Waals surface area contributed by atoms with Crippen LogP contribution in [0, 0.1) is 0 Å². The summed E-state index contributed by atoms with van der Waals surface area (Å²) in [6.45, 7) is 0. The van der Waals surface area contributed by atoms with E-state index in [0.717, 1.165) is 0 Å². The van der Waals surface area contributed by atoms with Gasteiger partial charge in [-0.3, -0.25) is 4.98 Å². The van der Waals surface area contributed by atoms with Gasteiger partial charge in [-0.15, -0.1) is 0 Å². The lowest BCUT2D eigenvalue weighted by atomic mass is 10.1. The van der Waals surface area contributed by atoms with Crippen molar-refractivity contribution >= 4 is 23.8 Å². The van der Waals surface area contributed by atoms with Gasteiger partial charge in [0, 0.05) is 6.20 Å². The highest BCUT2D eigenvalue weighted by Crippen LogP contribution is 2.04. The summed E-state index contributed by atoms with van der Waals surface area (Å²) < 4.78 is 0. The van der Waals surface area contributed by atoms with Crippen LogP contribution >= 0.6 is 0 Å². The topological polar surface area (TPSA) is 94.1 Å². The van der Waals surface area contributed by atoms with Gasteiger partial charge in [0.2, 0.25) is 0 Å². The number of hydrogen-bond acceptors (Lipinski definition) is 6. The van der Waals surface area contributed by atoms with Gasteiger partial charge in [-0.2, -0.15) is 0 Å². The van der Waals surface area contributed by atoms with Gasteiger partial charge >= 0.3 is 0 Å². The number of rotatable bonds is 1. The molecule has 0 spiro atoms. The molecule has 2 aromatic rings. The molecule has 0 aliphatic rings. The van der Waals surface area contributed by atoms with E-state index < -0.39 is 15.8 Å². The van der Waals surface area contributed by atoms with Crippen LogP contribution in [0.15, 0.2) is 24.4 Å². The largest absolute Gasteiger partial charge is 0.255 e. The average molecular weight is 264 g/mol. The van der Waals surface area contributed by atoms with Crippen molar-refractivity contribution in [3.63, 3.8) is 0 Å². The maximum Gasteiger partial charge on any atom is 0.167 e. The third-order valence-electron chi connectivity index (χ3n) is 2.51. The fraction of sp³-hybridized carbons (Fsp3) is 0. The molecule has 0 N–H and O–H groups in total. The van der Waals surface area contributed by atoms with Crippen molar-refractivity contribution in [2.75, 3.05) is 0 Å². The van der Waals surface area contributed by atoms with Crippen LogP contribution in [0.5, 0.6) is 0 Å². The van der Waals surface area contributed by atoms with Crippen molar-refractivity contribution in [3.8, 4) is 11.4 Å². The summed E-state index contributed by atoms with van der Waals surface area (Å²) in [4.78, 5) is 51.4. The van der Waals surface area contributed by atoms with Gasteiger partial charge in [-0.25, -0.2) is 24.2 Å². The van der Waals surface area contributed by atoms with Crippen molar-refractivity contribution in [3.05, 3.63) is 45.4 Å². The van der Waals surface area contributed by atoms with Crippen LogP contribution in [0.1, 0.15) is 0 Å². The van der Waals surface area contributed by atoms with E-state index >= 15 is 0 Å². The molecular weight excluding hydrogens is 260 g/mol. The highest BCUT2D eigenvalue weighted by molar-refractivity contribution is 5.69. The van der Waals surface area contributed by atoms with Crippen molar-refractivity contribution in [2.45, 2.75) is 0 Å². The Morgan fingerprint density at radius 3 is 2.00 bits per heavy atom. The van der Waals surface area contributed by atoms with E-state index in [1.807, 2.05) is 0 Å². The van der Waals surface area contributed by atoms with E-state index in [2.05, 4.69) is 9.97 Å². The van der Waals surface area contributed by atoms with Gasteiger partial charge in [-0.1, -0.05) is 6.07 Å². The van der Waals surface area contributed by atoms with Gasteiger partial charge in [0.25, 0.3) is 0 Å². The van der Waals surface area contributed by atoms with Gasteiger partial charge in [0.1, 0.15) is 39.2 Å². The normalized spacial score (nSPS) is 9.00. The predicted molar refractivity (Wildman–Crippen MR) is 65.2 cm³/mol. The zero-order valence-corrected chi connectivity index (χ0v) is 9.84. The van der Waals surface area contributed by atoms with Crippen LogP contribution in [0.4, 0.5) is 0 Å². The lowest BCUT2D eigenvalue weighted by molar-refractivity contribution is 0.560. The molecule has 0 aromatic carbocycles. The van der Waals surface area contributed by atoms with Crippen LogP contribution in [0.25, 0.3) is 11.4 Å². The van der Waals surface area contributed by atoms with Crippen molar-refractivity contribution < 1.29 is 19.2 Å². The molecule has 2 rings (SSSR count). The Hall–Kier alpha value is -3.38. The third kappa shape index (κ3) is 2.02. The molecule has 6 nitrogen and oxygen atoms in total. The Bertz CT molecular complexity index is 1010. The average Bonchev–Trinajstić information content (AvgIpc) is 2.53. The minimum absolute atomic E-state index is 0.0451. The van der Waals surface area contributed by atoms with Crippen molar-refractivity contribution in [1.29, 1.82) is 0 Å². The molecule has 0 saturated carbocycles. The molecule has 0 fully saturated rings. The van der Waals surface area contributed by atoms with Crippen LogP contribution in [-0.4, -0.2) is 33.7 Å². The Labute approximate surface area is 110 Å².